The summed E-state index contributed by atoms with van der Waals surface area (Å²) in [6.07, 6.45) is 1.57. The van der Waals surface area contributed by atoms with Gasteiger partial charge in [-0.3, -0.25) is 14.4 Å². The molecule has 0 fully saturated rings. The highest BCUT2D eigenvalue weighted by Gasteiger charge is 2.13. The summed E-state index contributed by atoms with van der Waals surface area (Å²) in [4.78, 5) is 36.4. The third-order valence-corrected chi connectivity index (χ3v) is 3.97. The average molecular weight is 379 g/mol. The van der Waals surface area contributed by atoms with Gasteiger partial charge >= 0.3 is 0 Å². The molecular formula is C21H18FN3O3. The van der Waals surface area contributed by atoms with Crippen LogP contribution >= 0.6 is 0 Å². The van der Waals surface area contributed by atoms with Crippen LogP contribution in [-0.4, -0.2) is 16.4 Å². The fourth-order valence-electron chi connectivity index (χ4n) is 2.70. The second kappa shape index (κ2) is 8.30. The van der Waals surface area contributed by atoms with Gasteiger partial charge in [0.15, 0.2) is 0 Å². The molecule has 0 aliphatic heterocycles. The van der Waals surface area contributed by atoms with Crippen molar-refractivity contribution in [2.75, 3.05) is 10.6 Å². The molecule has 1 heterocycles. The number of carbonyl (C=O) groups is 2. The first-order chi connectivity index (χ1) is 13.4. The summed E-state index contributed by atoms with van der Waals surface area (Å²) in [5.74, 6) is -1.14. The molecule has 7 heteroatoms. The van der Waals surface area contributed by atoms with Gasteiger partial charge < -0.3 is 15.2 Å². The maximum Gasteiger partial charge on any atom is 0.263 e. The minimum atomic E-state index is -0.557. The first kappa shape index (κ1) is 19.0. The van der Waals surface area contributed by atoms with Crippen LogP contribution in [0.25, 0.3) is 0 Å². The number of hydrogen-bond donors (Lipinski definition) is 2. The minimum absolute atomic E-state index is 0.0189. The van der Waals surface area contributed by atoms with E-state index in [2.05, 4.69) is 10.6 Å². The molecule has 0 atom stereocenters. The zero-order valence-electron chi connectivity index (χ0n) is 15.1. The Balaban J connectivity index is 1.80. The van der Waals surface area contributed by atoms with Gasteiger partial charge in [0.2, 0.25) is 5.91 Å². The summed E-state index contributed by atoms with van der Waals surface area (Å²) in [6, 6.07) is 15.5. The molecule has 6 nitrogen and oxygen atoms in total. The molecule has 0 bridgehead atoms. The Morgan fingerprint density at radius 3 is 2.32 bits per heavy atom. The number of hydrogen-bond acceptors (Lipinski definition) is 3. The minimum Gasteiger partial charge on any atom is -0.326 e. The molecule has 0 aliphatic rings. The Morgan fingerprint density at radius 2 is 1.64 bits per heavy atom. The van der Waals surface area contributed by atoms with Gasteiger partial charge in [0.1, 0.15) is 11.4 Å². The highest BCUT2D eigenvalue weighted by Crippen LogP contribution is 2.15. The monoisotopic (exact) mass is 379 g/mol. The van der Waals surface area contributed by atoms with Gasteiger partial charge in [-0.25, -0.2) is 4.39 Å². The highest BCUT2D eigenvalue weighted by atomic mass is 19.1. The number of nitrogens with zero attached hydrogens (tertiary/aromatic N) is 1. The number of benzene rings is 2. The summed E-state index contributed by atoms with van der Waals surface area (Å²) >= 11 is 0. The third kappa shape index (κ3) is 4.70. The number of carbonyl (C=O) groups excluding carboxylic acids is 2. The van der Waals surface area contributed by atoms with Crippen LogP contribution in [0.15, 0.2) is 71.7 Å². The molecule has 0 radical (unpaired) electrons. The van der Waals surface area contributed by atoms with E-state index in [0.717, 1.165) is 5.56 Å². The number of nitrogens with one attached hydrogen (secondary N) is 2. The van der Waals surface area contributed by atoms with Crippen molar-refractivity contribution in [2.24, 2.45) is 0 Å². The van der Waals surface area contributed by atoms with Crippen molar-refractivity contribution < 1.29 is 14.0 Å². The maximum absolute atomic E-state index is 13.0. The van der Waals surface area contributed by atoms with E-state index in [4.69, 9.17) is 0 Å². The molecule has 0 aliphatic carbocycles. The third-order valence-electron chi connectivity index (χ3n) is 3.97. The van der Waals surface area contributed by atoms with E-state index in [-0.39, 0.29) is 23.8 Å². The molecule has 1 aromatic heterocycles. The van der Waals surface area contributed by atoms with E-state index in [0.29, 0.717) is 11.4 Å². The Labute approximate surface area is 160 Å². The Kier molecular flexibility index (Phi) is 5.64. The zero-order chi connectivity index (χ0) is 20.1. The van der Waals surface area contributed by atoms with E-state index in [1.165, 1.54) is 29.7 Å². The molecule has 2 amide bonds. The lowest BCUT2D eigenvalue weighted by Gasteiger charge is -2.10. The zero-order valence-corrected chi connectivity index (χ0v) is 15.1. The molecule has 2 N–H and O–H groups in total. The van der Waals surface area contributed by atoms with Crippen molar-refractivity contribution in [1.82, 2.24) is 4.57 Å². The van der Waals surface area contributed by atoms with Crippen molar-refractivity contribution in [3.05, 3.63) is 94.2 Å². The lowest BCUT2D eigenvalue weighted by molar-refractivity contribution is -0.114. The first-order valence-electron chi connectivity index (χ1n) is 8.55. The Morgan fingerprint density at radius 1 is 0.964 bits per heavy atom. The SMILES string of the molecule is CC(=O)Nc1cccc(NC(=O)c2cccn(Cc3ccc(F)cc3)c2=O)c1. The van der Waals surface area contributed by atoms with Crippen LogP contribution in [0.2, 0.25) is 0 Å². The highest BCUT2D eigenvalue weighted by molar-refractivity contribution is 6.04. The summed E-state index contributed by atoms with van der Waals surface area (Å²) in [5.41, 5.74) is 1.25. The Hall–Kier alpha value is -3.74. The molecule has 3 rings (SSSR count). The largest absolute Gasteiger partial charge is 0.326 e. The van der Waals surface area contributed by atoms with Crippen LogP contribution in [0, 0.1) is 5.82 Å². The normalized spacial score (nSPS) is 10.4. The van der Waals surface area contributed by atoms with Crippen LogP contribution < -0.4 is 16.2 Å². The van der Waals surface area contributed by atoms with E-state index in [1.807, 2.05) is 0 Å². The summed E-state index contributed by atoms with van der Waals surface area (Å²) < 4.78 is 14.4. The lowest BCUT2D eigenvalue weighted by atomic mass is 10.2. The standard InChI is InChI=1S/C21H18FN3O3/c1-14(26)23-17-4-2-5-18(12-17)24-20(27)19-6-3-11-25(21(19)28)13-15-7-9-16(22)10-8-15/h2-12H,13H2,1H3,(H,23,26)(H,24,27). The van der Waals surface area contributed by atoms with E-state index in [1.54, 1.807) is 48.7 Å². The molecule has 3 aromatic rings. The Bertz CT molecular complexity index is 1070. The van der Waals surface area contributed by atoms with Gasteiger partial charge in [0.05, 0.1) is 6.54 Å². The fourth-order valence-corrected chi connectivity index (χ4v) is 2.70. The van der Waals surface area contributed by atoms with Crippen molar-refractivity contribution in [2.45, 2.75) is 13.5 Å². The molecule has 0 saturated heterocycles. The molecule has 28 heavy (non-hydrogen) atoms. The van der Waals surface area contributed by atoms with Crippen molar-refractivity contribution in [3.63, 3.8) is 0 Å². The maximum atomic E-state index is 13.0. The van der Waals surface area contributed by atoms with Gasteiger partial charge in [0.25, 0.3) is 11.5 Å². The van der Waals surface area contributed by atoms with E-state index >= 15 is 0 Å². The van der Waals surface area contributed by atoms with Gasteiger partial charge in [-0.1, -0.05) is 18.2 Å². The van der Waals surface area contributed by atoms with E-state index < -0.39 is 11.5 Å². The molecule has 2 aromatic carbocycles. The quantitative estimate of drug-likeness (QED) is 0.714. The second-order valence-electron chi connectivity index (χ2n) is 6.20. The smallest absolute Gasteiger partial charge is 0.263 e. The molecule has 142 valence electrons. The van der Waals surface area contributed by atoms with Crippen molar-refractivity contribution >= 4 is 23.2 Å². The number of anilines is 2. The number of aromatic nitrogens is 1. The second-order valence-corrected chi connectivity index (χ2v) is 6.20. The van der Waals surface area contributed by atoms with Crippen molar-refractivity contribution in [3.8, 4) is 0 Å². The average Bonchev–Trinajstić information content (AvgIpc) is 2.65. The van der Waals surface area contributed by atoms with Gasteiger partial charge in [-0.15, -0.1) is 0 Å². The van der Waals surface area contributed by atoms with Crippen LogP contribution in [0.4, 0.5) is 15.8 Å². The number of rotatable bonds is 5. The van der Waals surface area contributed by atoms with Gasteiger partial charge in [-0.05, 0) is 48.0 Å². The summed E-state index contributed by atoms with van der Waals surface area (Å²) in [5, 5.41) is 5.29. The summed E-state index contributed by atoms with van der Waals surface area (Å²) in [6.45, 7) is 1.61. The van der Waals surface area contributed by atoms with Crippen molar-refractivity contribution in [1.29, 1.82) is 0 Å². The number of pyridine rings is 1. The van der Waals surface area contributed by atoms with E-state index in [9.17, 15) is 18.8 Å². The topological polar surface area (TPSA) is 80.2 Å². The molecular weight excluding hydrogens is 361 g/mol. The predicted molar refractivity (Wildman–Crippen MR) is 105 cm³/mol. The molecule has 0 spiro atoms. The van der Waals surface area contributed by atoms with Crippen LogP contribution in [0.3, 0.4) is 0 Å². The predicted octanol–water partition coefficient (Wildman–Crippen LogP) is 3.25. The number of amides is 2. The van der Waals surface area contributed by atoms with Crippen LogP contribution in [-0.2, 0) is 11.3 Å². The van der Waals surface area contributed by atoms with Crippen LogP contribution in [0.5, 0.6) is 0 Å². The fraction of sp³-hybridized carbons (Fsp3) is 0.0952. The van der Waals surface area contributed by atoms with Gasteiger partial charge in [0, 0.05) is 24.5 Å². The van der Waals surface area contributed by atoms with Crippen LogP contribution in [0.1, 0.15) is 22.8 Å². The first-order valence-corrected chi connectivity index (χ1v) is 8.55. The van der Waals surface area contributed by atoms with Gasteiger partial charge in [-0.2, -0.15) is 0 Å². The molecule has 0 unspecified atom stereocenters. The number of halogens is 1. The summed E-state index contributed by atoms with van der Waals surface area (Å²) in [7, 11) is 0. The lowest BCUT2D eigenvalue weighted by Crippen LogP contribution is -2.29. The molecule has 0 saturated carbocycles.